The molecule has 0 aliphatic heterocycles. The molecule has 4 aromatic rings. The molecule has 1 amide bonds. The average molecular weight is 376 g/mol. The van der Waals surface area contributed by atoms with Gasteiger partial charge in [0.1, 0.15) is 18.2 Å². The molecule has 0 aliphatic carbocycles. The summed E-state index contributed by atoms with van der Waals surface area (Å²) in [5, 5.41) is 7.90. The SMILES string of the molecule is Cc1cccc(NC(=O)Cn2nc3c4ccccc4nc(C(C)C)n3c2=O)n1. The van der Waals surface area contributed by atoms with Crippen LogP contribution in [0, 0.1) is 6.92 Å². The fourth-order valence-corrected chi connectivity index (χ4v) is 3.14. The lowest BCUT2D eigenvalue weighted by molar-refractivity contribution is -0.117. The minimum atomic E-state index is -0.385. The predicted molar refractivity (Wildman–Crippen MR) is 106 cm³/mol. The summed E-state index contributed by atoms with van der Waals surface area (Å²) in [5.74, 6) is 0.710. The summed E-state index contributed by atoms with van der Waals surface area (Å²) < 4.78 is 2.66. The first-order valence-corrected chi connectivity index (χ1v) is 9.06. The normalized spacial score (nSPS) is 11.4. The Balaban J connectivity index is 1.77. The van der Waals surface area contributed by atoms with Crippen molar-refractivity contribution in [1.29, 1.82) is 0 Å². The minimum absolute atomic E-state index is 0.0211. The number of aryl methyl sites for hydroxylation is 1. The number of amides is 1. The van der Waals surface area contributed by atoms with Crippen molar-refractivity contribution in [3.63, 3.8) is 0 Å². The molecule has 1 aromatic carbocycles. The smallest absolute Gasteiger partial charge is 0.309 e. The number of fused-ring (bicyclic) bond motifs is 3. The molecule has 0 spiro atoms. The van der Waals surface area contributed by atoms with Gasteiger partial charge in [-0.25, -0.2) is 23.8 Å². The molecule has 3 heterocycles. The lowest BCUT2D eigenvalue weighted by Crippen LogP contribution is -2.29. The van der Waals surface area contributed by atoms with Gasteiger partial charge in [-0.15, -0.1) is 5.10 Å². The van der Waals surface area contributed by atoms with Crippen LogP contribution in [-0.2, 0) is 11.3 Å². The molecular formula is C20H20N6O2. The molecule has 3 aromatic heterocycles. The molecule has 0 bridgehead atoms. The number of benzene rings is 1. The highest BCUT2D eigenvalue weighted by Crippen LogP contribution is 2.20. The van der Waals surface area contributed by atoms with Crippen LogP contribution in [0.4, 0.5) is 5.82 Å². The quantitative estimate of drug-likeness (QED) is 0.591. The fraction of sp³-hybridized carbons (Fsp3) is 0.250. The zero-order chi connectivity index (χ0) is 19.8. The van der Waals surface area contributed by atoms with E-state index in [9.17, 15) is 9.59 Å². The lowest BCUT2D eigenvalue weighted by atomic mass is 10.2. The molecule has 0 atom stereocenters. The molecule has 142 valence electrons. The number of pyridine rings is 1. The van der Waals surface area contributed by atoms with Crippen molar-refractivity contribution >= 4 is 28.3 Å². The Labute approximate surface area is 160 Å². The number of anilines is 1. The van der Waals surface area contributed by atoms with E-state index in [-0.39, 0.29) is 24.1 Å². The van der Waals surface area contributed by atoms with E-state index in [2.05, 4.69) is 20.4 Å². The highest BCUT2D eigenvalue weighted by molar-refractivity contribution is 5.92. The molecule has 1 N–H and O–H groups in total. The van der Waals surface area contributed by atoms with Crippen molar-refractivity contribution in [3.05, 3.63) is 64.5 Å². The topological polar surface area (TPSA) is 94.2 Å². The van der Waals surface area contributed by atoms with Crippen molar-refractivity contribution in [2.45, 2.75) is 33.2 Å². The van der Waals surface area contributed by atoms with Gasteiger partial charge in [0, 0.05) is 17.0 Å². The minimum Gasteiger partial charge on any atom is -0.309 e. The van der Waals surface area contributed by atoms with E-state index < -0.39 is 0 Å². The van der Waals surface area contributed by atoms with Crippen LogP contribution < -0.4 is 11.0 Å². The highest BCUT2D eigenvalue weighted by atomic mass is 16.2. The molecule has 8 nitrogen and oxygen atoms in total. The summed E-state index contributed by atoms with van der Waals surface area (Å²) in [7, 11) is 0. The van der Waals surface area contributed by atoms with Gasteiger partial charge in [-0.3, -0.25) is 4.79 Å². The van der Waals surface area contributed by atoms with Crippen molar-refractivity contribution in [3.8, 4) is 0 Å². The summed E-state index contributed by atoms with van der Waals surface area (Å²) in [6.45, 7) is 5.57. The molecule has 0 saturated heterocycles. The third-order valence-corrected chi connectivity index (χ3v) is 4.41. The van der Waals surface area contributed by atoms with Gasteiger partial charge in [-0.2, -0.15) is 0 Å². The number of carbonyl (C=O) groups excluding carboxylic acids is 1. The van der Waals surface area contributed by atoms with E-state index in [4.69, 9.17) is 0 Å². The maximum absolute atomic E-state index is 13.0. The number of hydrogen-bond acceptors (Lipinski definition) is 5. The average Bonchev–Trinajstić information content (AvgIpc) is 2.97. The number of aromatic nitrogens is 5. The van der Waals surface area contributed by atoms with Gasteiger partial charge in [0.05, 0.1) is 5.52 Å². The Morgan fingerprint density at radius 2 is 1.89 bits per heavy atom. The van der Waals surface area contributed by atoms with Crippen LogP contribution >= 0.6 is 0 Å². The monoisotopic (exact) mass is 376 g/mol. The van der Waals surface area contributed by atoms with Crippen molar-refractivity contribution < 1.29 is 4.79 Å². The molecular weight excluding hydrogens is 356 g/mol. The number of rotatable bonds is 4. The van der Waals surface area contributed by atoms with Crippen molar-refractivity contribution in [1.82, 2.24) is 24.1 Å². The molecule has 0 radical (unpaired) electrons. The predicted octanol–water partition coefficient (Wildman–Crippen LogP) is 2.51. The van der Waals surface area contributed by atoms with Gasteiger partial charge in [-0.05, 0) is 31.2 Å². The van der Waals surface area contributed by atoms with E-state index >= 15 is 0 Å². The first-order chi connectivity index (χ1) is 13.4. The first-order valence-electron chi connectivity index (χ1n) is 9.06. The van der Waals surface area contributed by atoms with Crippen LogP contribution in [-0.4, -0.2) is 30.1 Å². The molecule has 28 heavy (non-hydrogen) atoms. The van der Waals surface area contributed by atoms with Crippen molar-refractivity contribution in [2.24, 2.45) is 0 Å². The summed E-state index contributed by atoms with van der Waals surface area (Å²) in [4.78, 5) is 34.3. The van der Waals surface area contributed by atoms with Crippen LogP contribution in [0.2, 0.25) is 0 Å². The third-order valence-electron chi connectivity index (χ3n) is 4.41. The van der Waals surface area contributed by atoms with E-state index in [1.54, 1.807) is 6.07 Å². The summed E-state index contributed by atoms with van der Waals surface area (Å²) >= 11 is 0. The largest absolute Gasteiger partial charge is 0.352 e. The van der Waals surface area contributed by atoms with Gasteiger partial charge >= 0.3 is 5.69 Å². The first kappa shape index (κ1) is 17.8. The summed E-state index contributed by atoms with van der Waals surface area (Å²) in [5.41, 5.74) is 1.68. The Morgan fingerprint density at radius 1 is 1.11 bits per heavy atom. The van der Waals surface area contributed by atoms with Crippen molar-refractivity contribution in [2.75, 3.05) is 5.32 Å². The maximum atomic E-state index is 13.0. The molecule has 4 rings (SSSR count). The van der Waals surface area contributed by atoms with Crippen LogP contribution in [0.1, 0.15) is 31.3 Å². The summed E-state index contributed by atoms with van der Waals surface area (Å²) in [6.07, 6.45) is 0. The molecule has 8 heteroatoms. The Bertz CT molecular complexity index is 1250. The van der Waals surface area contributed by atoms with Crippen LogP contribution in [0.15, 0.2) is 47.3 Å². The summed E-state index contributed by atoms with van der Waals surface area (Å²) in [6, 6.07) is 12.9. The van der Waals surface area contributed by atoms with Gasteiger partial charge in [0.2, 0.25) is 5.91 Å². The van der Waals surface area contributed by atoms with Crippen LogP contribution in [0.3, 0.4) is 0 Å². The molecule has 0 fully saturated rings. The van der Waals surface area contributed by atoms with Gasteiger partial charge in [0.25, 0.3) is 0 Å². The molecule has 0 saturated carbocycles. The highest BCUT2D eigenvalue weighted by Gasteiger charge is 2.19. The molecule has 0 aliphatic rings. The van der Waals surface area contributed by atoms with E-state index in [0.29, 0.717) is 17.3 Å². The number of nitrogens with one attached hydrogen (secondary N) is 1. The third kappa shape index (κ3) is 3.13. The van der Waals surface area contributed by atoms with Crippen LogP contribution in [0.5, 0.6) is 0 Å². The molecule has 0 unspecified atom stereocenters. The lowest BCUT2D eigenvalue weighted by Gasteiger charge is -2.08. The number of carbonyl (C=O) groups is 1. The Morgan fingerprint density at radius 3 is 2.64 bits per heavy atom. The Kier molecular flexibility index (Phi) is 4.38. The second-order valence-electron chi connectivity index (χ2n) is 6.95. The number of nitrogens with zero attached hydrogens (tertiary/aromatic N) is 5. The number of hydrogen-bond donors (Lipinski definition) is 1. The van der Waals surface area contributed by atoms with Gasteiger partial charge < -0.3 is 5.32 Å². The van der Waals surface area contributed by atoms with Gasteiger partial charge in [-0.1, -0.05) is 32.0 Å². The van der Waals surface area contributed by atoms with Crippen LogP contribution in [0.25, 0.3) is 16.6 Å². The second kappa shape index (κ2) is 6.88. The maximum Gasteiger partial charge on any atom is 0.352 e. The zero-order valence-corrected chi connectivity index (χ0v) is 15.9. The van der Waals surface area contributed by atoms with E-state index in [1.807, 2.05) is 57.2 Å². The second-order valence-corrected chi connectivity index (χ2v) is 6.95. The van der Waals surface area contributed by atoms with Gasteiger partial charge in [0.15, 0.2) is 5.65 Å². The standard InChI is InChI=1S/C20H20N6O2/c1-12(2)18-22-15-9-5-4-8-14(15)19-24-25(20(28)26(18)19)11-17(27)23-16-10-6-7-13(3)21-16/h4-10,12H,11H2,1-3H3,(H,21,23,27). The zero-order valence-electron chi connectivity index (χ0n) is 15.9. The number of para-hydroxylation sites is 1. The van der Waals surface area contributed by atoms with E-state index in [0.717, 1.165) is 16.6 Å². The Hall–Kier alpha value is -3.55. The fourth-order valence-electron chi connectivity index (χ4n) is 3.14. The van der Waals surface area contributed by atoms with E-state index in [1.165, 1.54) is 9.08 Å².